The maximum absolute atomic E-state index is 11.1. The van der Waals surface area contributed by atoms with Gasteiger partial charge in [0.05, 0.1) is 6.61 Å². The molecule has 0 unspecified atom stereocenters. The van der Waals surface area contributed by atoms with Crippen LogP contribution in [-0.2, 0) is 11.2 Å². The summed E-state index contributed by atoms with van der Waals surface area (Å²) in [5.74, 6) is 0.0687. The van der Waals surface area contributed by atoms with E-state index in [1.807, 2.05) is 25.1 Å². The zero-order valence-corrected chi connectivity index (χ0v) is 9.76. The van der Waals surface area contributed by atoms with Gasteiger partial charge in [0.2, 0.25) is 0 Å². The van der Waals surface area contributed by atoms with Gasteiger partial charge in [0.25, 0.3) is 0 Å². The van der Waals surface area contributed by atoms with Crippen molar-refractivity contribution in [3.05, 3.63) is 35.4 Å². The Kier molecular flexibility index (Phi) is 4.43. The van der Waals surface area contributed by atoms with E-state index in [0.29, 0.717) is 23.6 Å². The van der Waals surface area contributed by atoms with Gasteiger partial charge in [0.1, 0.15) is 0 Å². The molecule has 0 aliphatic rings. The molecule has 0 N–H and O–H groups in total. The normalized spacial score (nSPS) is 9.73. The first-order chi connectivity index (χ1) is 7.13. The lowest BCUT2D eigenvalue weighted by atomic mass is 10.1. The number of rotatable bonds is 4. The first-order valence-electron chi connectivity index (χ1n) is 4.89. The quantitative estimate of drug-likeness (QED) is 0.579. The summed E-state index contributed by atoms with van der Waals surface area (Å²) in [5.41, 5.74) is 1.73. The molecule has 3 heteroatoms. The Balaban J connectivity index is 2.73. The number of hydrogen-bond acceptors (Lipinski definition) is 3. The van der Waals surface area contributed by atoms with E-state index in [1.165, 1.54) is 0 Å². The van der Waals surface area contributed by atoms with Crippen molar-refractivity contribution in [3.63, 3.8) is 0 Å². The topological polar surface area (TPSA) is 26.3 Å². The third-order valence-electron chi connectivity index (χ3n) is 1.99. The van der Waals surface area contributed by atoms with E-state index < -0.39 is 0 Å². The van der Waals surface area contributed by atoms with E-state index in [9.17, 15) is 4.79 Å². The van der Waals surface area contributed by atoms with E-state index in [2.05, 4.69) is 0 Å². The van der Waals surface area contributed by atoms with Crippen molar-refractivity contribution in [1.29, 1.82) is 0 Å². The molecule has 0 aliphatic heterocycles. The summed E-state index contributed by atoms with van der Waals surface area (Å²) in [6.07, 6.45) is 0.588. The molecule has 15 heavy (non-hydrogen) atoms. The fourth-order valence-corrected chi connectivity index (χ4v) is 1.56. The second-order valence-electron chi connectivity index (χ2n) is 3.24. The third kappa shape index (κ3) is 3.80. The van der Waals surface area contributed by atoms with Crippen LogP contribution in [-0.4, -0.2) is 17.4 Å². The van der Waals surface area contributed by atoms with Gasteiger partial charge in [0, 0.05) is 12.0 Å². The van der Waals surface area contributed by atoms with Gasteiger partial charge in [-0.2, -0.15) is 0 Å². The van der Waals surface area contributed by atoms with Crippen molar-refractivity contribution in [2.75, 3.05) is 6.61 Å². The van der Waals surface area contributed by atoms with Crippen LogP contribution < -0.4 is 0 Å². The van der Waals surface area contributed by atoms with Crippen LogP contribution in [0.1, 0.15) is 29.8 Å². The average molecular weight is 222 g/mol. The van der Waals surface area contributed by atoms with Gasteiger partial charge in [-0.25, -0.2) is 0 Å². The van der Waals surface area contributed by atoms with E-state index in [-0.39, 0.29) is 5.78 Å². The third-order valence-corrected chi connectivity index (χ3v) is 2.25. The lowest BCUT2D eigenvalue weighted by molar-refractivity contribution is 0.101. The molecular formula is C12H14O2S. The summed E-state index contributed by atoms with van der Waals surface area (Å²) in [5, 5.41) is 0.568. The highest BCUT2D eigenvalue weighted by molar-refractivity contribution is 7.80. The van der Waals surface area contributed by atoms with Crippen LogP contribution in [0.2, 0.25) is 0 Å². The van der Waals surface area contributed by atoms with Gasteiger partial charge in [-0.3, -0.25) is 4.79 Å². The summed E-state index contributed by atoms with van der Waals surface area (Å²) >= 11 is 5.04. The van der Waals surface area contributed by atoms with E-state index >= 15 is 0 Å². The van der Waals surface area contributed by atoms with Crippen molar-refractivity contribution >= 4 is 23.1 Å². The number of ketones is 1. The minimum absolute atomic E-state index is 0.0687. The van der Waals surface area contributed by atoms with E-state index in [1.54, 1.807) is 13.0 Å². The molecule has 80 valence electrons. The Hall–Kier alpha value is -1.22. The number of hydrogen-bond donors (Lipinski definition) is 0. The zero-order valence-electron chi connectivity index (χ0n) is 8.95. The highest BCUT2D eigenvalue weighted by atomic mass is 32.1. The molecule has 0 fully saturated rings. The summed E-state index contributed by atoms with van der Waals surface area (Å²) in [4.78, 5) is 11.1. The lowest BCUT2D eigenvalue weighted by Crippen LogP contribution is -2.05. The summed E-state index contributed by atoms with van der Waals surface area (Å²) in [6, 6.07) is 7.46. The van der Waals surface area contributed by atoms with E-state index in [0.717, 1.165) is 5.56 Å². The molecule has 0 heterocycles. The van der Waals surface area contributed by atoms with Gasteiger partial charge in [-0.15, -0.1) is 0 Å². The van der Waals surface area contributed by atoms with Crippen molar-refractivity contribution in [1.82, 2.24) is 0 Å². The fourth-order valence-electron chi connectivity index (χ4n) is 1.28. The predicted octanol–water partition coefficient (Wildman–Crippen LogP) is 2.80. The second kappa shape index (κ2) is 5.61. The van der Waals surface area contributed by atoms with Gasteiger partial charge >= 0.3 is 0 Å². The minimum Gasteiger partial charge on any atom is -0.487 e. The van der Waals surface area contributed by atoms with Gasteiger partial charge in [0.15, 0.2) is 10.8 Å². The highest BCUT2D eigenvalue weighted by Crippen LogP contribution is 2.08. The summed E-state index contributed by atoms with van der Waals surface area (Å²) in [6.45, 7) is 4.05. The molecule has 0 bridgehead atoms. The van der Waals surface area contributed by atoms with Crippen molar-refractivity contribution in [3.8, 4) is 0 Å². The number of benzene rings is 1. The monoisotopic (exact) mass is 222 g/mol. The van der Waals surface area contributed by atoms with Crippen LogP contribution in [0.25, 0.3) is 0 Å². The van der Waals surface area contributed by atoms with Crippen LogP contribution in [0.15, 0.2) is 24.3 Å². The number of ether oxygens (including phenoxy) is 1. The van der Waals surface area contributed by atoms with Crippen LogP contribution in [0, 0.1) is 0 Å². The SMILES string of the molecule is CCOC(=S)Cc1cccc(C(C)=O)c1. The lowest BCUT2D eigenvalue weighted by Gasteiger charge is -2.05. The van der Waals surface area contributed by atoms with Crippen molar-refractivity contribution in [2.45, 2.75) is 20.3 Å². The molecule has 2 nitrogen and oxygen atoms in total. The molecule has 0 saturated carbocycles. The number of thiocarbonyl (C=S) groups is 1. The molecule has 0 radical (unpaired) electrons. The standard InChI is InChI=1S/C12H14O2S/c1-3-14-12(15)8-10-5-4-6-11(7-10)9(2)13/h4-7H,3,8H2,1-2H3. The second-order valence-corrected chi connectivity index (χ2v) is 3.69. The molecule has 0 amide bonds. The van der Waals surface area contributed by atoms with Crippen LogP contribution in [0.3, 0.4) is 0 Å². The first kappa shape index (κ1) is 11.9. The average Bonchev–Trinajstić information content (AvgIpc) is 2.18. The number of Topliss-reactive ketones (excluding diaryl/α,β-unsaturated/α-hetero) is 1. The van der Waals surface area contributed by atoms with Gasteiger partial charge in [-0.1, -0.05) is 18.2 Å². The van der Waals surface area contributed by atoms with Crippen LogP contribution in [0.5, 0.6) is 0 Å². The smallest absolute Gasteiger partial charge is 0.164 e. The van der Waals surface area contributed by atoms with Crippen LogP contribution >= 0.6 is 12.2 Å². The predicted molar refractivity (Wildman–Crippen MR) is 64.4 cm³/mol. The Morgan fingerprint density at radius 1 is 1.47 bits per heavy atom. The van der Waals surface area contributed by atoms with Crippen LogP contribution in [0.4, 0.5) is 0 Å². The zero-order chi connectivity index (χ0) is 11.3. The van der Waals surface area contributed by atoms with Gasteiger partial charge < -0.3 is 4.74 Å². The minimum atomic E-state index is 0.0687. The molecule has 0 aliphatic carbocycles. The summed E-state index contributed by atoms with van der Waals surface area (Å²) < 4.78 is 5.19. The Labute approximate surface area is 95.3 Å². The largest absolute Gasteiger partial charge is 0.487 e. The Bertz CT molecular complexity index is 372. The molecule has 0 spiro atoms. The molecule has 1 aromatic rings. The number of carbonyl (C=O) groups excluding carboxylic acids is 1. The molecular weight excluding hydrogens is 208 g/mol. The van der Waals surface area contributed by atoms with Crippen molar-refractivity contribution < 1.29 is 9.53 Å². The van der Waals surface area contributed by atoms with Gasteiger partial charge in [-0.05, 0) is 37.7 Å². The maximum atomic E-state index is 11.1. The first-order valence-corrected chi connectivity index (χ1v) is 5.29. The molecule has 0 aromatic heterocycles. The maximum Gasteiger partial charge on any atom is 0.164 e. The highest BCUT2D eigenvalue weighted by Gasteiger charge is 2.03. The van der Waals surface area contributed by atoms with E-state index in [4.69, 9.17) is 17.0 Å². The fraction of sp³-hybridized carbons (Fsp3) is 0.333. The molecule has 0 saturated heterocycles. The molecule has 1 aromatic carbocycles. The summed E-state index contributed by atoms with van der Waals surface area (Å²) in [7, 11) is 0. The molecule has 1 rings (SSSR count). The Morgan fingerprint density at radius 2 is 2.20 bits per heavy atom. The number of carbonyl (C=O) groups is 1. The van der Waals surface area contributed by atoms with Crippen molar-refractivity contribution in [2.24, 2.45) is 0 Å². The molecule has 0 atom stereocenters. The Morgan fingerprint density at radius 3 is 2.80 bits per heavy atom.